The molecule has 1 atom stereocenters. The van der Waals surface area contributed by atoms with Gasteiger partial charge in [-0.05, 0) is 24.5 Å². The summed E-state index contributed by atoms with van der Waals surface area (Å²) in [6.45, 7) is 4.53. The van der Waals surface area contributed by atoms with E-state index >= 15 is 0 Å². The molecule has 0 saturated carbocycles. The first-order valence-electron chi connectivity index (χ1n) is 6.20. The highest BCUT2D eigenvalue weighted by molar-refractivity contribution is 5.81. The molecule has 1 aromatic rings. The van der Waals surface area contributed by atoms with E-state index in [1.807, 2.05) is 0 Å². The molecule has 1 rings (SSSR count). The Labute approximate surface area is 108 Å². The average Bonchev–Trinajstić information content (AvgIpc) is 2.81. The summed E-state index contributed by atoms with van der Waals surface area (Å²) in [5.74, 6) is 1.67. The third-order valence-corrected chi connectivity index (χ3v) is 2.67. The number of hydrogen-bond donors (Lipinski definition) is 3. The fraction of sp³-hybridized carbons (Fsp3) is 0.615. The van der Waals surface area contributed by atoms with Crippen molar-refractivity contribution in [3.05, 3.63) is 23.7 Å². The Morgan fingerprint density at radius 2 is 2.06 bits per heavy atom. The summed E-state index contributed by atoms with van der Waals surface area (Å²) in [4.78, 5) is 11.7. The maximum atomic E-state index is 11.7. The van der Waals surface area contributed by atoms with E-state index in [0.29, 0.717) is 18.2 Å². The predicted octanol–water partition coefficient (Wildman–Crippen LogP) is 1.02. The summed E-state index contributed by atoms with van der Waals surface area (Å²) in [7, 11) is 1.63. The van der Waals surface area contributed by atoms with E-state index in [-0.39, 0.29) is 18.6 Å². The van der Waals surface area contributed by atoms with Gasteiger partial charge >= 0.3 is 0 Å². The van der Waals surface area contributed by atoms with Crippen molar-refractivity contribution in [3.8, 4) is 0 Å². The van der Waals surface area contributed by atoms with Crippen LogP contribution in [0.5, 0.6) is 0 Å². The van der Waals surface area contributed by atoms with Crippen molar-refractivity contribution in [1.82, 2.24) is 10.6 Å². The molecule has 18 heavy (non-hydrogen) atoms. The quantitative estimate of drug-likeness (QED) is 0.679. The molecule has 1 amide bonds. The lowest BCUT2D eigenvalue weighted by atomic mass is 10.0. The van der Waals surface area contributed by atoms with E-state index in [2.05, 4.69) is 24.5 Å². The van der Waals surface area contributed by atoms with Gasteiger partial charge in [0, 0.05) is 7.05 Å². The number of aliphatic hydroxyl groups excluding tert-OH is 1. The lowest BCUT2D eigenvalue weighted by Crippen LogP contribution is -2.43. The first kappa shape index (κ1) is 14.7. The minimum atomic E-state index is -0.224. The Morgan fingerprint density at radius 1 is 1.39 bits per heavy atom. The highest BCUT2D eigenvalue weighted by atomic mass is 16.4. The predicted molar refractivity (Wildman–Crippen MR) is 68.8 cm³/mol. The molecule has 0 radical (unpaired) electrons. The van der Waals surface area contributed by atoms with Crippen LogP contribution in [0.2, 0.25) is 0 Å². The van der Waals surface area contributed by atoms with Crippen LogP contribution < -0.4 is 10.6 Å². The van der Waals surface area contributed by atoms with Crippen LogP contribution in [-0.4, -0.2) is 24.1 Å². The summed E-state index contributed by atoms with van der Waals surface area (Å²) in [6.07, 6.45) is 0.771. The maximum Gasteiger partial charge on any atom is 0.236 e. The van der Waals surface area contributed by atoms with E-state index < -0.39 is 0 Å². The van der Waals surface area contributed by atoms with E-state index in [4.69, 9.17) is 9.52 Å². The molecule has 0 aromatic carbocycles. The average molecular weight is 254 g/mol. The first-order chi connectivity index (χ1) is 8.56. The zero-order valence-corrected chi connectivity index (χ0v) is 11.2. The number of hydrogen-bond acceptors (Lipinski definition) is 4. The number of furan rings is 1. The van der Waals surface area contributed by atoms with Crippen molar-refractivity contribution >= 4 is 5.91 Å². The Bertz CT molecular complexity index is 374. The minimum Gasteiger partial charge on any atom is -0.462 e. The second kappa shape index (κ2) is 7.18. The topological polar surface area (TPSA) is 74.5 Å². The van der Waals surface area contributed by atoms with Crippen LogP contribution in [0.1, 0.15) is 31.8 Å². The number of rotatable bonds is 7. The molecule has 3 N–H and O–H groups in total. The van der Waals surface area contributed by atoms with Crippen LogP contribution >= 0.6 is 0 Å². The fourth-order valence-corrected chi connectivity index (χ4v) is 1.75. The van der Waals surface area contributed by atoms with Crippen molar-refractivity contribution in [2.45, 2.75) is 39.5 Å². The molecule has 0 aliphatic carbocycles. The van der Waals surface area contributed by atoms with Crippen molar-refractivity contribution < 1.29 is 14.3 Å². The maximum absolute atomic E-state index is 11.7. The monoisotopic (exact) mass is 254 g/mol. The number of aliphatic hydroxyl groups is 1. The van der Waals surface area contributed by atoms with Gasteiger partial charge in [-0.3, -0.25) is 10.1 Å². The third kappa shape index (κ3) is 4.50. The molecular weight excluding hydrogens is 232 g/mol. The molecule has 0 fully saturated rings. The molecule has 5 nitrogen and oxygen atoms in total. The fourth-order valence-electron chi connectivity index (χ4n) is 1.75. The van der Waals surface area contributed by atoms with Gasteiger partial charge in [-0.15, -0.1) is 0 Å². The molecule has 5 heteroatoms. The summed E-state index contributed by atoms with van der Waals surface area (Å²) in [6, 6.07) is 3.31. The first-order valence-corrected chi connectivity index (χ1v) is 6.20. The van der Waals surface area contributed by atoms with Crippen molar-refractivity contribution in [2.24, 2.45) is 5.92 Å². The number of carbonyl (C=O) groups excluding carboxylic acids is 1. The Kier molecular flexibility index (Phi) is 5.88. The molecule has 0 saturated heterocycles. The molecule has 1 heterocycles. The van der Waals surface area contributed by atoms with Crippen LogP contribution in [0, 0.1) is 5.92 Å². The van der Waals surface area contributed by atoms with Crippen molar-refractivity contribution in [2.75, 3.05) is 7.05 Å². The van der Waals surface area contributed by atoms with Gasteiger partial charge in [0.15, 0.2) is 0 Å². The molecular formula is C13H22N2O3. The van der Waals surface area contributed by atoms with Gasteiger partial charge in [0.05, 0.1) is 12.6 Å². The molecule has 102 valence electrons. The lowest BCUT2D eigenvalue weighted by Gasteiger charge is -2.18. The van der Waals surface area contributed by atoms with Gasteiger partial charge < -0.3 is 14.8 Å². The second-order valence-electron chi connectivity index (χ2n) is 4.70. The number of nitrogens with one attached hydrogen (secondary N) is 2. The van der Waals surface area contributed by atoms with Crippen LogP contribution in [0.4, 0.5) is 0 Å². The second-order valence-corrected chi connectivity index (χ2v) is 4.70. The van der Waals surface area contributed by atoms with Crippen molar-refractivity contribution in [3.63, 3.8) is 0 Å². The van der Waals surface area contributed by atoms with E-state index in [1.165, 1.54) is 0 Å². The normalized spacial score (nSPS) is 12.7. The van der Waals surface area contributed by atoms with Gasteiger partial charge in [0.2, 0.25) is 5.91 Å². The highest BCUT2D eigenvalue weighted by Crippen LogP contribution is 2.09. The van der Waals surface area contributed by atoms with Crippen LogP contribution in [0.25, 0.3) is 0 Å². The SMILES string of the molecule is CNC(=O)C(CC(C)C)NCc1ccc(CO)o1. The van der Waals surface area contributed by atoms with Gasteiger partial charge in [-0.1, -0.05) is 13.8 Å². The zero-order chi connectivity index (χ0) is 13.5. The Hall–Kier alpha value is -1.33. The summed E-state index contributed by atoms with van der Waals surface area (Å²) in [5.41, 5.74) is 0. The minimum absolute atomic E-state index is 0.0161. The van der Waals surface area contributed by atoms with Gasteiger partial charge in [0.25, 0.3) is 0 Å². The van der Waals surface area contributed by atoms with Crippen LogP contribution in [-0.2, 0) is 17.9 Å². The zero-order valence-electron chi connectivity index (χ0n) is 11.2. The Balaban J connectivity index is 2.52. The summed E-state index contributed by atoms with van der Waals surface area (Å²) in [5, 5.41) is 14.7. The van der Waals surface area contributed by atoms with Crippen molar-refractivity contribution in [1.29, 1.82) is 0 Å². The molecule has 1 aromatic heterocycles. The smallest absolute Gasteiger partial charge is 0.236 e. The van der Waals surface area contributed by atoms with Gasteiger partial charge in [0.1, 0.15) is 18.1 Å². The largest absolute Gasteiger partial charge is 0.462 e. The molecule has 0 aliphatic heterocycles. The van der Waals surface area contributed by atoms with Crippen LogP contribution in [0.15, 0.2) is 16.5 Å². The summed E-state index contributed by atoms with van der Waals surface area (Å²) < 4.78 is 5.36. The Morgan fingerprint density at radius 3 is 2.56 bits per heavy atom. The molecule has 1 unspecified atom stereocenters. The van der Waals surface area contributed by atoms with E-state index in [9.17, 15) is 4.79 Å². The highest BCUT2D eigenvalue weighted by Gasteiger charge is 2.18. The standard InChI is InChI=1S/C13H22N2O3/c1-9(2)6-12(13(17)14-3)15-7-10-4-5-11(8-16)18-10/h4-5,9,12,15-16H,6-8H2,1-3H3,(H,14,17). The van der Waals surface area contributed by atoms with E-state index in [0.717, 1.165) is 12.2 Å². The summed E-state index contributed by atoms with van der Waals surface area (Å²) >= 11 is 0. The van der Waals surface area contributed by atoms with Gasteiger partial charge in [-0.25, -0.2) is 0 Å². The van der Waals surface area contributed by atoms with Crippen LogP contribution in [0.3, 0.4) is 0 Å². The van der Waals surface area contributed by atoms with Gasteiger partial charge in [-0.2, -0.15) is 0 Å². The number of carbonyl (C=O) groups is 1. The number of likely N-dealkylation sites (N-methyl/N-ethyl adjacent to an activating group) is 1. The lowest BCUT2D eigenvalue weighted by molar-refractivity contribution is -0.123. The van der Waals surface area contributed by atoms with E-state index in [1.54, 1.807) is 19.2 Å². The molecule has 0 bridgehead atoms. The number of amides is 1. The molecule has 0 aliphatic rings. The third-order valence-electron chi connectivity index (χ3n) is 2.67. The molecule has 0 spiro atoms.